The fourth-order valence-electron chi connectivity index (χ4n) is 3.67. The van der Waals surface area contributed by atoms with Gasteiger partial charge in [-0.3, -0.25) is 9.59 Å². The van der Waals surface area contributed by atoms with Crippen molar-refractivity contribution in [1.29, 1.82) is 0 Å². The summed E-state index contributed by atoms with van der Waals surface area (Å²) in [5, 5.41) is 0. The second-order valence-corrected chi connectivity index (χ2v) is 6.58. The van der Waals surface area contributed by atoms with E-state index in [4.69, 9.17) is 10.5 Å². The number of halogens is 2. The Morgan fingerprint density at radius 3 is 2.50 bits per heavy atom. The number of hydrogen-bond donors (Lipinski definition) is 1. The van der Waals surface area contributed by atoms with Crippen LogP contribution in [0.2, 0.25) is 0 Å². The molecule has 2 fully saturated rings. The number of nitrogens with two attached hydrogens (primary N) is 1. The highest BCUT2D eigenvalue weighted by Crippen LogP contribution is 2.50. The minimum absolute atomic E-state index is 0.00944. The van der Waals surface area contributed by atoms with Crippen LogP contribution in [0.1, 0.15) is 36.0 Å². The van der Waals surface area contributed by atoms with Crippen LogP contribution >= 0.6 is 0 Å². The molecule has 3 rings (SSSR count). The molecular formula is C17H20F2N2O3. The third-order valence-electron chi connectivity index (χ3n) is 5.22. The minimum Gasteiger partial charge on any atom is -0.368 e. The van der Waals surface area contributed by atoms with E-state index in [-0.39, 0.29) is 23.7 Å². The van der Waals surface area contributed by atoms with Gasteiger partial charge in [-0.2, -0.15) is 0 Å². The number of nitrogens with zero attached hydrogens (tertiary/aromatic N) is 1. The molecule has 1 aliphatic carbocycles. The van der Waals surface area contributed by atoms with Crippen molar-refractivity contribution in [2.45, 2.75) is 31.8 Å². The first-order valence-corrected chi connectivity index (χ1v) is 8.05. The molecule has 1 heterocycles. The van der Waals surface area contributed by atoms with E-state index in [0.29, 0.717) is 13.1 Å². The van der Waals surface area contributed by atoms with Crippen LogP contribution in [-0.4, -0.2) is 42.5 Å². The Morgan fingerprint density at radius 2 is 1.96 bits per heavy atom. The van der Waals surface area contributed by atoms with Crippen LogP contribution in [-0.2, 0) is 9.53 Å². The van der Waals surface area contributed by atoms with E-state index >= 15 is 0 Å². The van der Waals surface area contributed by atoms with Crippen LogP contribution in [0.15, 0.2) is 18.2 Å². The van der Waals surface area contributed by atoms with Crippen molar-refractivity contribution in [3.05, 3.63) is 35.4 Å². The van der Waals surface area contributed by atoms with Crippen LogP contribution in [0.5, 0.6) is 0 Å². The van der Waals surface area contributed by atoms with E-state index in [9.17, 15) is 18.4 Å². The van der Waals surface area contributed by atoms with Gasteiger partial charge in [0.05, 0.1) is 11.7 Å². The smallest absolute Gasteiger partial charge is 0.256 e. The number of carbonyl (C=O) groups excluding carboxylic acids is 2. The lowest BCUT2D eigenvalue weighted by molar-refractivity contribution is -0.148. The Kier molecular flexibility index (Phi) is 4.54. The van der Waals surface area contributed by atoms with Crippen LogP contribution in [0.4, 0.5) is 8.78 Å². The SMILES string of the molecule is NC(=O)CO[C@H]1CCC12CCN(C(=O)c1ccc(F)cc1F)CC2. The van der Waals surface area contributed by atoms with Gasteiger partial charge in [0.15, 0.2) is 0 Å². The zero-order valence-corrected chi connectivity index (χ0v) is 13.3. The number of ether oxygens (including phenoxy) is 1. The third kappa shape index (κ3) is 3.13. The van der Waals surface area contributed by atoms with E-state index in [0.717, 1.165) is 37.8 Å². The number of hydrogen-bond acceptors (Lipinski definition) is 3. The summed E-state index contributed by atoms with van der Waals surface area (Å²) in [5.41, 5.74) is 4.98. The van der Waals surface area contributed by atoms with Crippen LogP contribution in [0.3, 0.4) is 0 Å². The van der Waals surface area contributed by atoms with Gasteiger partial charge >= 0.3 is 0 Å². The quantitative estimate of drug-likeness (QED) is 0.911. The number of likely N-dealkylation sites (tertiary alicyclic amines) is 1. The molecule has 1 spiro atoms. The van der Waals surface area contributed by atoms with Crippen LogP contribution in [0.25, 0.3) is 0 Å². The first-order valence-electron chi connectivity index (χ1n) is 8.05. The molecule has 0 bridgehead atoms. The summed E-state index contributed by atoms with van der Waals surface area (Å²) in [6.45, 7) is 0.897. The summed E-state index contributed by atoms with van der Waals surface area (Å²) in [7, 11) is 0. The van der Waals surface area contributed by atoms with Gasteiger partial charge < -0.3 is 15.4 Å². The van der Waals surface area contributed by atoms with E-state index in [1.54, 1.807) is 4.90 Å². The van der Waals surface area contributed by atoms with Gasteiger partial charge in [-0.1, -0.05) is 0 Å². The van der Waals surface area contributed by atoms with Gasteiger partial charge in [-0.15, -0.1) is 0 Å². The zero-order valence-electron chi connectivity index (χ0n) is 13.3. The highest BCUT2D eigenvalue weighted by molar-refractivity contribution is 5.94. The van der Waals surface area contributed by atoms with Gasteiger partial charge in [0.25, 0.3) is 5.91 Å². The summed E-state index contributed by atoms with van der Waals surface area (Å²) < 4.78 is 32.3. The number of primary amides is 1. The molecule has 1 aromatic rings. The lowest BCUT2D eigenvalue weighted by Crippen LogP contribution is -2.54. The molecule has 130 valence electrons. The van der Waals surface area contributed by atoms with Crippen molar-refractivity contribution in [1.82, 2.24) is 4.90 Å². The standard InChI is InChI=1S/C17H20F2N2O3/c18-11-1-2-12(13(19)9-11)16(23)21-7-5-17(6-8-21)4-3-14(17)24-10-15(20)22/h1-2,9,14H,3-8,10H2,(H2,20,22)/t14-/m0/s1. The number of carbonyl (C=O) groups is 2. The Balaban J connectivity index is 1.60. The number of piperidine rings is 1. The van der Waals surface area contributed by atoms with Gasteiger partial charge in [0.2, 0.25) is 5.91 Å². The van der Waals surface area contributed by atoms with Crippen molar-refractivity contribution in [3.63, 3.8) is 0 Å². The molecule has 2 aliphatic rings. The summed E-state index contributed by atoms with van der Waals surface area (Å²) in [4.78, 5) is 24.9. The average molecular weight is 338 g/mol. The third-order valence-corrected chi connectivity index (χ3v) is 5.22. The molecule has 5 nitrogen and oxygen atoms in total. The molecule has 1 atom stereocenters. The molecule has 24 heavy (non-hydrogen) atoms. The molecule has 1 aromatic carbocycles. The Hall–Kier alpha value is -2.02. The number of amides is 2. The van der Waals surface area contributed by atoms with E-state index in [1.807, 2.05) is 0 Å². The Morgan fingerprint density at radius 1 is 1.25 bits per heavy atom. The fraction of sp³-hybridized carbons (Fsp3) is 0.529. The first-order chi connectivity index (χ1) is 11.4. The van der Waals surface area contributed by atoms with Crippen molar-refractivity contribution >= 4 is 11.8 Å². The van der Waals surface area contributed by atoms with Crippen LogP contribution < -0.4 is 5.73 Å². The number of benzene rings is 1. The molecular weight excluding hydrogens is 318 g/mol. The average Bonchev–Trinajstić information content (AvgIpc) is 2.53. The number of rotatable bonds is 4. The normalized spacial score (nSPS) is 22.2. The van der Waals surface area contributed by atoms with Gasteiger partial charge in [0.1, 0.15) is 18.2 Å². The predicted molar refractivity (Wildman–Crippen MR) is 82.1 cm³/mol. The second kappa shape index (κ2) is 6.47. The van der Waals surface area contributed by atoms with Crippen molar-refractivity contribution in [2.75, 3.05) is 19.7 Å². The van der Waals surface area contributed by atoms with E-state index in [1.165, 1.54) is 6.07 Å². The first kappa shape index (κ1) is 16.8. The van der Waals surface area contributed by atoms with E-state index < -0.39 is 23.4 Å². The van der Waals surface area contributed by atoms with Crippen molar-refractivity contribution in [2.24, 2.45) is 11.1 Å². The molecule has 0 radical (unpaired) electrons. The molecule has 1 saturated heterocycles. The molecule has 1 saturated carbocycles. The lowest BCUT2D eigenvalue weighted by Gasteiger charge is -2.53. The summed E-state index contributed by atoms with van der Waals surface area (Å²) in [6.07, 6.45) is 3.34. The molecule has 0 unspecified atom stereocenters. The highest BCUT2D eigenvalue weighted by Gasteiger charge is 2.49. The molecule has 1 aliphatic heterocycles. The summed E-state index contributed by atoms with van der Waals surface area (Å²) >= 11 is 0. The molecule has 2 amide bonds. The van der Waals surface area contributed by atoms with Crippen LogP contribution in [0, 0.1) is 17.0 Å². The van der Waals surface area contributed by atoms with Gasteiger partial charge in [0, 0.05) is 24.6 Å². The Labute approximate surface area is 138 Å². The maximum Gasteiger partial charge on any atom is 0.256 e. The maximum atomic E-state index is 13.8. The monoisotopic (exact) mass is 338 g/mol. The molecule has 2 N–H and O–H groups in total. The second-order valence-electron chi connectivity index (χ2n) is 6.58. The summed E-state index contributed by atoms with van der Waals surface area (Å²) in [5.74, 6) is -2.45. The maximum absolute atomic E-state index is 13.8. The largest absolute Gasteiger partial charge is 0.368 e. The predicted octanol–water partition coefficient (Wildman–Crippen LogP) is 1.85. The fourth-order valence-corrected chi connectivity index (χ4v) is 3.67. The van der Waals surface area contributed by atoms with Gasteiger partial charge in [-0.25, -0.2) is 8.78 Å². The van der Waals surface area contributed by atoms with Crippen molar-refractivity contribution in [3.8, 4) is 0 Å². The molecule has 7 heteroatoms. The lowest BCUT2D eigenvalue weighted by atomic mass is 9.60. The van der Waals surface area contributed by atoms with E-state index in [2.05, 4.69) is 0 Å². The van der Waals surface area contributed by atoms with Crippen molar-refractivity contribution < 1.29 is 23.1 Å². The summed E-state index contributed by atoms with van der Waals surface area (Å²) in [6, 6.07) is 2.99. The molecule has 0 aromatic heterocycles. The highest BCUT2D eigenvalue weighted by atomic mass is 19.1. The minimum atomic E-state index is -0.841. The topological polar surface area (TPSA) is 72.6 Å². The van der Waals surface area contributed by atoms with Gasteiger partial charge in [-0.05, 0) is 37.8 Å². The zero-order chi connectivity index (χ0) is 17.3. The Bertz CT molecular complexity index is 657.